The van der Waals surface area contributed by atoms with Gasteiger partial charge in [-0.05, 0) is 44.4 Å². The van der Waals surface area contributed by atoms with Gasteiger partial charge in [0.25, 0.3) is 0 Å². The van der Waals surface area contributed by atoms with Crippen molar-refractivity contribution in [3.8, 4) is 23.1 Å². The van der Waals surface area contributed by atoms with E-state index in [0.29, 0.717) is 25.3 Å². The first-order chi connectivity index (χ1) is 19.5. The fraction of sp³-hybridized carbons (Fsp3) is 0.519. The van der Waals surface area contributed by atoms with Crippen LogP contribution in [0.1, 0.15) is 37.7 Å². The van der Waals surface area contributed by atoms with Crippen LogP contribution in [-0.4, -0.2) is 70.5 Å². The van der Waals surface area contributed by atoms with Crippen LogP contribution < -0.4 is 20.1 Å². The van der Waals surface area contributed by atoms with E-state index in [1.165, 1.54) is 0 Å². The second-order valence-corrected chi connectivity index (χ2v) is 11.6. The Bertz CT molecular complexity index is 1550. The Balaban J connectivity index is 1.40. The third-order valence-corrected chi connectivity index (χ3v) is 8.72. The second-order valence-electron chi connectivity index (χ2n) is 11.2. The smallest absolute Gasteiger partial charge is 0.418 e. The van der Waals surface area contributed by atoms with E-state index in [1.807, 2.05) is 4.90 Å². The lowest BCUT2D eigenvalue weighted by molar-refractivity contribution is -0.137. The summed E-state index contributed by atoms with van der Waals surface area (Å²) in [6, 6.07) is 1.93. The second kappa shape index (κ2) is 9.41. The molecule has 1 aromatic carbocycles. The topological polar surface area (TPSA) is 89.6 Å². The molecule has 2 saturated heterocycles. The first-order valence-electron chi connectivity index (χ1n) is 13.5. The maximum atomic E-state index is 16.4. The Morgan fingerprint density at radius 3 is 2.73 bits per heavy atom. The average molecular weight is 597 g/mol. The number of rotatable bonds is 5. The summed E-state index contributed by atoms with van der Waals surface area (Å²) in [7, 11) is 0. The fourth-order valence-corrected chi connectivity index (χ4v) is 6.83. The molecular formula is C27H26ClF5N6O2. The van der Waals surface area contributed by atoms with Crippen molar-refractivity contribution < 1.29 is 31.4 Å². The van der Waals surface area contributed by atoms with Gasteiger partial charge in [-0.1, -0.05) is 11.6 Å². The zero-order chi connectivity index (χ0) is 28.7. The van der Waals surface area contributed by atoms with Gasteiger partial charge in [0.05, 0.1) is 22.7 Å². The van der Waals surface area contributed by atoms with Crippen molar-refractivity contribution in [3.63, 3.8) is 0 Å². The summed E-state index contributed by atoms with van der Waals surface area (Å²) in [4.78, 5) is 17.2. The summed E-state index contributed by atoms with van der Waals surface area (Å²) in [5.74, 6) is -0.865. The molecule has 41 heavy (non-hydrogen) atoms. The van der Waals surface area contributed by atoms with E-state index in [2.05, 4.69) is 19.9 Å². The van der Waals surface area contributed by atoms with E-state index in [9.17, 15) is 17.6 Å². The molecule has 3 aliphatic heterocycles. The van der Waals surface area contributed by atoms with Crippen LogP contribution in [0.3, 0.4) is 0 Å². The maximum absolute atomic E-state index is 16.4. The normalized spacial score (nSPS) is 24.4. The highest BCUT2D eigenvalue weighted by Crippen LogP contribution is 2.47. The van der Waals surface area contributed by atoms with Gasteiger partial charge in [0.15, 0.2) is 5.82 Å². The zero-order valence-corrected chi connectivity index (χ0v) is 22.5. The number of hydrogen-bond acceptors (Lipinski definition) is 8. The van der Waals surface area contributed by atoms with Crippen LogP contribution in [-0.2, 0) is 6.18 Å². The van der Waals surface area contributed by atoms with E-state index in [1.54, 1.807) is 0 Å². The molecule has 2 aromatic heterocycles. The molecule has 1 saturated carbocycles. The number of nitrogen functional groups attached to an aromatic ring is 1. The van der Waals surface area contributed by atoms with Crippen LogP contribution in [0.25, 0.3) is 22.2 Å². The van der Waals surface area contributed by atoms with Crippen LogP contribution in [0.4, 0.5) is 33.5 Å². The Morgan fingerprint density at radius 2 is 1.98 bits per heavy atom. The number of halogens is 6. The average Bonchev–Trinajstić information content (AvgIpc) is 3.62. The molecule has 0 unspecified atom stereocenters. The fourth-order valence-electron chi connectivity index (χ4n) is 6.50. The lowest BCUT2D eigenvalue weighted by Gasteiger charge is -2.31. The van der Waals surface area contributed by atoms with Gasteiger partial charge >= 0.3 is 12.2 Å². The molecule has 3 fully saturated rings. The number of nitrogens with two attached hydrogens (primary N) is 1. The quantitative estimate of drug-likeness (QED) is 0.309. The van der Waals surface area contributed by atoms with Crippen LogP contribution in [0.5, 0.6) is 11.9 Å². The van der Waals surface area contributed by atoms with Crippen molar-refractivity contribution >= 4 is 34.0 Å². The number of hydrogen-bond donors (Lipinski definition) is 1. The Kier molecular flexibility index (Phi) is 6.13. The van der Waals surface area contributed by atoms with E-state index in [-0.39, 0.29) is 47.7 Å². The number of alkyl halides is 4. The summed E-state index contributed by atoms with van der Waals surface area (Å²) >= 11 is 5.96. The molecule has 2 N–H and O–H groups in total. The minimum absolute atomic E-state index is 0.0932. The monoisotopic (exact) mass is 596 g/mol. The first-order valence-corrected chi connectivity index (χ1v) is 13.9. The van der Waals surface area contributed by atoms with Crippen LogP contribution in [0.15, 0.2) is 12.1 Å². The molecule has 2 atom stereocenters. The summed E-state index contributed by atoms with van der Waals surface area (Å²) in [6.45, 7) is 1.75. The molecular weight excluding hydrogens is 571 g/mol. The largest absolute Gasteiger partial charge is 0.475 e. The van der Waals surface area contributed by atoms with Crippen molar-refractivity contribution in [2.75, 3.05) is 43.5 Å². The van der Waals surface area contributed by atoms with Gasteiger partial charge in [-0.2, -0.15) is 23.1 Å². The van der Waals surface area contributed by atoms with Gasteiger partial charge in [0.2, 0.25) is 5.88 Å². The third kappa shape index (κ3) is 4.48. The van der Waals surface area contributed by atoms with Crippen molar-refractivity contribution in [2.45, 2.75) is 56.0 Å². The van der Waals surface area contributed by atoms with Gasteiger partial charge in [-0.3, -0.25) is 4.90 Å². The van der Waals surface area contributed by atoms with Crippen molar-refractivity contribution in [2.24, 2.45) is 0 Å². The zero-order valence-electron chi connectivity index (χ0n) is 21.8. The SMILES string of the molecule is Nc1cc(Cl)c(C(F)(F)F)c(-c2nc3c4c(nc(OC[C@@]56CCCN5C[C@H](F)C6)nc4c2F)N(C2CC2)CCO3)c1. The molecule has 7 rings (SSSR count). The van der Waals surface area contributed by atoms with Crippen LogP contribution in [0, 0.1) is 5.82 Å². The van der Waals surface area contributed by atoms with E-state index >= 15 is 4.39 Å². The van der Waals surface area contributed by atoms with Gasteiger partial charge < -0.3 is 20.1 Å². The van der Waals surface area contributed by atoms with Crippen LogP contribution in [0.2, 0.25) is 5.02 Å². The standard InChI is InChI=1S/C27H26ClF5N6O2/c28-17-9-14(34)8-16(19(17)27(31,32)33)21-20(30)22-18-23(39(15-2-3-15)6-7-40-24(18)35-21)37-25(36-22)41-12-26-4-1-5-38(26)11-13(29)10-26/h8-9,13,15H,1-7,10-12,34H2/t13-,26+/m1/s1. The number of nitrogens with zero attached hydrogens (tertiary/aromatic N) is 5. The predicted octanol–water partition coefficient (Wildman–Crippen LogP) is 5.40. The summed E-state index contributed by atoms with van der Waals surface area (Å²) in [5, 5.41) is -0.534. The van der Waals surface area contributed by atoms with Gasteiger partial charge in [-0.15, -0.1) is 0 Å². The lowest BCUT2D eigenvalue weighted by atomic mass is 9.95. The van der Waals surface area contributed by atoms with Gasteiger partial charge in [-0.25, -0.2) is 13.8 Å². The minimum atomic E-state index is -4.92. The molecule has 0 bridgehead atoms. The molecule has 0 amide bonds. The molecule has 218 valence electrons. The highest BCUT2D eigenvalue weighted by Gasteiger charge is 2.49. The highest BCUT2D eigenvalue weighted by atomic mass is 35.5. The summed E-state index contributed by atoms with van der Waals surface area (Å²) < 4.78 is 84.9. The van der Waals surface area contributed by atoms with Crippen molar-refractivity contribution in [1.82, 2.24) is 19.9 Å². The van der Waals surface area contributed by atoms with Gasteiger partial charge in [0, 0.05) is 30.3 Å². The third-order valence-electron chi connectivity index (χ3n) is 8.43. The maximum Gasteiger partial charge on any atom is 0.418 e. The highest BCUT2D eigenvalue weighted by molar-refractivity contribution is 6.32. The van der Waals surface area contributed by atoms with E-state index in [0.717, 1.165) is 44.4 Å². The molecule has 4 aliphatic rings. The Morgan fingerprint density at radius 1 is 1.17 bits per heavy atom. The summed E-state index contributed by atoms with van der Waals surface area (Å²) in [5.41, 5.74) is 2.38. The Labute approximate surface area is 236 Å². The molecule has 3 aromatic rings. The molecule has 14 heteroatoms. The molecule has 5 heterocycles. The summed E-state index contributed by atoms with van der Waals surface area (Å²) in [6.07, 6.45) is -2.12. The number of anilines is 2. The van der Waals surface area contributed by atoms with E-state index < -0.39 is 45.5 Å². The van der Waals surface area contributed by atoms with Gasteiger partial charge in [0.1, 0.15) is 41.8 Å². The number of fused-ring (bicyclic) bond motifs is 1. The number of benzene rings is 1. The van der Waals surface area contributed by atoms with Crippen molar-refractivity contribution in [1.29, 1.82) is 0 Å². The van der Waals surface area contributed by atoms with Crippen LogP contribution >= 0.6 is 11.6 Å². The molecule has 8 nitrogen and oxygen atoms in total. The Hall–Kier alpha value is -3.19. The molecule has 0 radical (unpaired) electrons. The number of pyridine rings is 1. The number of ether oxygens (including phenoxy) is 2. The minimum Gasteiger partial charge on any atom is -0.475 e. The predicted molar refractivity (Wildman–Crippen MR) is 142 cm³/mol. The lowest BCUT2D eigenvalue weighted by Crippen LogP contribution is -2.43. The first kappa shape index (κ1) is 26.7. The number of aromatic nitrogens is 3. The van der Waals surface area contributed by atoms with Crippen molar-refractivity contribution in [3.05, 3.63) is 28.5 Å². The molecule has 0 spiro atoms. The van der Waals surface area contributed by atoms with E-state index in [4.69, 9.17) is 26.8 Å². The molecule has 1 aliphatic carbocycles.